The number of hydrogen-bond donors (Lipinski definition) is 2. The molecule has 0 bridgehead atoms. The molecule has 0 aliphatic rings. The summed E-state index contributed by atoms with van der Waals surface area (Å²) < 4.78 is 23.7. The molecule has 1 aromatic heterocycles. The molecule has 17 heavy (non-hydrogen) atoms. The molecule has 0 spiro atoms. The molecule has 0 saturated carbocycles. The van der Waals surface area contributed by atoms with Crippen molar-refractivity contribution in [3.05, 3.63) is 22.4 Å². The minimum Gasteiger partial charge on any atom is -0.397 e. The Balaban J connectivity index is 2.63. The van der Waals surface area contributed by atoms with Gasteiger partial charge in [-0.15, -0.1) is 0 Å². The highest BCUT2D eigenvalue weighted by molar-refractivity contribution is 9.10. The van der Waals surface area contributed by atoms with Crippen LogP contribution in [0.5, 0.6) is 0 Å². The van der Waals surface area contributed by atoms with Crippen molar-refractivity contribution in [2.75, 3.05) is 12.0 Å². The Labute approximate surface area is 107 Å². The molecular weight excluding hydrogens is 306 g/mol. The number of aromatic nitrogens is 2. The number of nitrogens with one attached hydrogen (secondary N) is 1. The average Bonchev–Trinajstić information content (AvgIpc) is 2.58. The summed E-state index contributed by atoms with van der Waals surface area (Å²) in [5.41, 5.74) is 7.65. The first-order chi connectivity index (χ1) is 7.79. The van der Waals surface area contributed by atoms with Gasteiger partial charge in [-0.05, 0) is 19.1 Å². The molecule has 0 aliphatic carbocycles. The maximum Gasteiger partial charge on any atom is 0.157 e. The summed E-state index contributed by atoms with van der Waals surface area (Å²) in [6, 6.07) is 3.55. The van der Waals surface area contributed by atoms with E-state index in [1.165, 1.54) is 6.26 Å². The molecule has 1 heterocycles. The standard InChI is InChI=1S/C10H12BrN3O2S/c1-5(17(2,15)16)10-13-8-4-6(11)3-7(12)9(8)14-10/h3-5H,12H2,1-2H3,(H,13,14). The Morgan fingerprint density at radius 3 is 2.71 bits per heavy atom. The number of hydrogen-bond acceptors (Lipinski definition) is 4. The van der Waals surface area contributed by atoms with Gasteiger partial charge in [-0.2, -0.15) is 0 Å². The zero-order chi connectivity index (χ0) is 12.8. The van der Waals surface area contributed by atoms with Crippen molar-refractivity contribution in [2.45, 2.75) is 12.2 Å². The smallest absolute Gasteiger partial charge is 0.157 e. The highest BCUT2D eigenvalue weighted by atomic mass is 79.9. The van der Waals surface area contributed by atoms with Crippen LogP contribution in [0.15, 0.2) is 16.6 Å². The number of imidazole rings is 1. The molecule has 0 saturated heterocycles. The summed E-state index contributed by atoms with van der Waals surface area (Å²) in [4.78, 5) is 7.22. The van der Waals surface area contributed by atoms with Gasteiger partial charge >= 0.3 is 0 Å². The van der Waals surface area contributed by atoms with Crippen LogP contribution in [-0.2, 0) is 9.84 Å². The Hall–Kier alpha value is -1.08. The first kappa shape index (κ1) is 12.4. The fraction of sp³-hybridized carbons (Fsp3) is 0.300. The molecule has 5 nitrogen and oxygen atoms in total. The zero-order valence-electron chi connectivity index (χ0n) is 9.36. The lowest BCUT2D eigenvalue weighted by Crippen LogP contribution is -2.09. The van der Waals surface area contributed by atoms with Crippen LogP contribution in [0, 0.1) is 0 Å². The van der Waals surface area contributed by atoms with Gasteiger partial charge in [0.25, 0.3) is 0 Å². The normalized spacial score (nSPS) is 14.1. The minimum absolute atomic E-state index is 0.410. The van der Waals surface area contributed by atoms with Crippen LogP contribution >= 0.6 is 15.9 Å². The molecule has 2 aromatic rings. The predicted molar refractivity (Wildman–Crippen MR) is 71.5 cm³/mol. The van der Waals surface area contributed by atoms with E-state index in [0.717, 1.165) is 9.99 Å². The molecule has 1 atom stereocenters. The largest absolute Gasteiger partial charge is 0.397 e. The first-order valence-electron chi connectivity index (χ1n) is 4.92. The topological polar surface area (TPSA) is 88.8 Å². The highest BCUT2D eigenvalue weighted by Crippen LogP contribution is 2.27. The lowest BCUT2D eigenvalue weighted by molar-refractivity contribution is 0.590. The maximum absolute atomic E-state index is 11.5. The summed E-state index contributed by atoms with van der Waals surface area (Å²) >= 11 is 3.32. The number of H-pyrrole nitrogens is 1. The van der Waals surface area contributed by atoms with Gasteiger partial charge in [-0.3, -0.25) is 0 Å². The van der Waals surface area contributed by atoms with Crippen molar-refractivity contribution >= 4 is 42.5 Å². The van der Waals surface area contributed by atoms with Gasteiger partial charge in [-0.25, -0.2) is 13.4 Å². The fourth-order valence-electron chi connectivity index (χ4n) is 1.52. The fourth-order valence-corrected chi connectivity index (χ4v) is 2.51. The molecule has 1 aromatic carbocycles. The van der Waals surface area contributed by atoms with E-state index >= 15 is 0 Å². The van der Waals surface area contributed by atoms with Gasteiger partial charge in [0.05, 0.1) is 11.2 Å². The maximum atomic E-state index is 11.5. The number of anilines is 1. The molecular formula is C10H12BrN3O2S. The number of aromatic amines is 1. The van der Waals surface area contributed by atoms with Crippen molar-refractivity contribution in [1.82, 2.24) is 9.97 Å². The third-order valence-electron chi connectivity index (χ3n) is 2.63. The Kier molecular flexibility index (Phi) is 2.90. The number of halogens is 1. The van der Waals surface area contributed by atoms with Gasteiger partial charge < -0.3 is 10.7 Å². The van der Waals surface area contributed by atoms with E-state index in [-0.39, 0.29) is 0 Å². The van der Waals surface area contributed by atoms with Gasteiger partial charge in [0, 0.05) is 10.7 Å². The van der Waals surface area contributed by atoms with E-state index in [0.29, 0.717) is 17.0 Å². The van der Waals surface area contributed by atoms with Crippen LogP contribution in [0.4, 0.5) is 5.69 Å². The summed E-state index contributed by atoms with van der Waals surface area (Å²) in [6.45, 7) is 1.60. The monoisotopic (exact) mass is 317 g/mol. The zero-order valence-corrected chi connectivity index (χ0v) is 11.8. The van der Waals surface area contributed by atoms with Gasteiger partial charge in [-0.1, -0.05) is 15.9 Å². The van der Waals surface area contributed by atoms with Crippen LogP contribution in [-0.4, -0.2) is 24.6 Å². The van der Waals surface area contributed by atoms with Crippen LogP contribution in [0.3, 0.4) is 0 Å². The number of nitrogens with zero attached hydrogens (tertiary/aromatic N) is 1. The van der Waals surface area contributed by atoms with Crippen molar-refractivity contribution in [3.63, 3.8) is 0 Å². The first-order valence-corrected chi connectivity index (χ1v) is 7.67. The number of nitrogen functional groups attached to an aromatic ring is 1. The lowest BCUT2D eigenvalue weighted by atomic mass is 10.3. The van der Waals surface area contributed by atoms with Crippen LogP contribution < -0.4 is 5.73 Å². The second-order valence-corrected chi connectivity index (χ2v) is 7.27. The highest BCUT2D eigenvalue weighted by Gasteiger charge is 2.21. The summed E-state index contributed by atoms with van der Waals surface area (Å²) in [5, 5.41) is -0.673. The van der Waals surface area contributed by atoms with Crippen molar-refractivity contribution in [2.24, 2.45) is 0 Å². The molecule has 7 heteroatoms. The molecule has 0 fully saturated rings. The Bertz CT molecular complexity index is 678. The molecule has 3 N–H and O–H groups in total. The van der Waals surface area contributed by atoms with Crippen LogP contribution in [0.25, 0.3) is 11.0 Å². The lowest BCUT2D eigenvalue weighted by Gasteiger charge is -2.04. The molecule has 0 aliphatic heterocycles. The summed E-state index contributed by atoms with van der Waals surface area (Å²) in [6.07, 6.45) is 1.18. The number of fused-ring (bicyclic) bond motifs is 1. The second kappa shape index (κ2) is 3.99. The van der Waals surface area contributed by atoms with Gasteiger partial charge in [0.2, 0.25) is 0 Å². The second-order valence-electron chi connectivity index (χ2n) is 3.98. The third kappa shape index (κ3) is 2.30. The molecule has 1 unspecified atom stereocenters. The minimum atomic E-state index is -3.17. The summed E-state index contributed by atoms with van der Waals surface area (Å²) in [7, 11) is -3.17. The quantitative estimate of drug-likeness (QED) is 0.829. The number of sulfone groups is 1. The predicted octanol–water partition coefficient (Wildman–Crippen LogP) is 2.01. The molecule has 2 rings (SSSR count). The van der Waals surface area contributed by atoms with E-state index in [2.05, 4.69) is 25.9 Å². The Morgan fingerprint density at radius 2 is 2.12 bits per heavy atom. The van der Waals surface area contributed by atoms with Crippen molar-refractivity contribution < 1.29 is 8.42 Å². The van der Waals surface area contributed by atoms with Crippen LogP contribution in [0.2, 0.25) is 0 Å². The molecule has 0 amide bonds. The third-order valence-corrected chi connectivity index (χ3v) is 4.59. The average molecular weight is 318 g/mol. The van der Waals surface area contributed by atoms with Gasteiger partial charge in [0.1, 0.15) is 16.6 Å². The molecule has 92 valence electrons. The number of nitrogens with two attached hydrogens (primary N) is 1. The Morgan fingerprint density at radius 1 is 1.47 bits per heavy atom. The van der Waals surface area contributed by atoms with Gasteiger partial charge in [0.15, 0.2) is 9.84 Å². The molecule has 0 radical (unpaired) electrons. The SMILES string of the molecule is CC(c1nc2c(N)cc(Br)cc2[nH]1)S(C)(=O)=O. The van der Waals surface area contributed by atoms with E-state index in [1.807, 2.05) is 6.07 Å². The van der Waals surface area contributed by atoms with Crippen molar-refractivity contribution in [1.29, 1.82) is 0 Å². The van der Waals surface area contributed by atoms with Crippen molar-refractivity contribution in [3.8, 4) is 0 Å². The number of benzene rings is 1. The van der Waals surface area contributed by atoms with E-state index in [4.69, 9.17) is 5.73 Å². The summed E-state index contributed by atoms with van der Waals surface area (Å²) in [5.74, 6) is 0.410. The van der Waals surface area contributed by atoms with E-state index in [1.54, 1.807) is 13.0 Å². The van der Waals surface area contributed by atoms with E-state index in [9.17, 15) is 8.42 Å². The van der Waals surface area contributed by atoms with E-state index < -0.39 is 15.1 Å². The number of rotatable bonds is 2. The van der Waals surface area contributed by atoms with Crippen LogP contribution in [0.1, 0.15) is 18.0 Å².